The summed E-state index contributed by atoms with van der Waals surface area (Å²) in [6, 6.07) is 9.66. The van der Waals surface area contributed by atoms with Crippen molar-refractivity contribution in [1.82, 2.24) is 39.3 Å². The number of piperidine rings is 1. The Morgan fingerprint density at radius 3 is 2.65 bits per heavy atom. The molecule has 3 aromatic heterocycles. The number of hydrogen-bond donors (Lipinski definition) is 2. The summed E-state index contributed by atoms with van der Waals surface area (Å²) in [6.07, 6.45) is 1.22. The number of amides is 1. The fraction of sp³-hybridized carbons (Fsp3) is 0.435. The normalized spacial score (nSPS) is 15.4. The molecule has 37 heavy (non-hydrogen) atoms. The zero-order valence-corrected chi connectivity index (χ0v) is 21.4. The molecule has 3 N–H and O–H groups in total. The number of primary amides is 1. The van der Waals surface area contributed by atoms with Crippen molar-refractivity contribution in [2.24, 2.45) is 24.6 Å². The second-order valence-corrected chi connectivity index (χ2v) is 10.3. The predicted molar refractivity (Wildman–Crippen MR) is 139 cm³/mol. The number of benzene rings is 1. The molecule has 1 saturated heterocycles. The van der Waals surface area contributed by atoms with Crippen molar-refractivity contribution in [2.45, 2.75) is 31.5 Å². The van der Waals surface area contributed by atoms with Gasteiger partial charge in [0.1, 0.15) is 0 Å². The van der Waals surface area contributed by atoms with Gasteiger partial charge in [0.25, 0.3) is 5.56 Å². The lowest BCUT2D eigenvalue weighted by Crippen LogP contribution is -2.40. The van der Waals surface area contributed by atoms with Crippen molar-refractivity contribution in [3.63, 3.8) is 0 Å². The second-order valence-electron chi connectivity index (χ2n) is 9.30. The molecular weight excluding hydrogens is 496 g/mol. The number of fused-ring (bicyclic) bond motifs is 1. The number of carbonyl (C=O) groups excluding carboxylic acids is 1. The molecule has 5 rings (SSSR count). The number of para-hydroxylation sites is 1. The van der Waals surface area contributed by atoms with Crippen molar-refractivity contribution < 1.29 is 4.79 Å². The number of imidazole rings is 1. The molecule has 0 aliphatic carbocycles. The number of hydrogen-bond acceptors (Lipinski definition) is 9. The summed E-state index contributed by atoms with van der Waals surface area (Å²) in [4.78, 5) is 45.9. The Morgan fingerprint density at radius 2 is 1.95 bits per heavy atom. The van der Waals surface area contributed by atoms with E-state index in [4.69, 9.17) is 10.7 Å². The van der Waals surface area contributed by atoms with Gasteiger partial charge in [-0.05, 0) is 41.3 Å². The summed E-state index contributed by atoms with van der Waals surface area (Å²) in [6.45, 7) is 3.73. The summed E-state index contributed by atoms with van der Waals surface area (Å²) < 4.78 is 4.92. The number of nitrogens with one attached hydrogen (secondary N) is 1. The Balaban J connectivity index is 1.41. The van der Waals surface area contributed by atoms with Crippen molar-refractivity contribution in [1.29, 1.82) is 0 Å². The first-order valence-corrected chi connectivity index (χ1v) is 13.0. The van der Waals surface area contributed by atoms with E-state index in [1.165, 1.54) is 16.3 Å². The van der Waals surface area contributed by atoms with Crippen LogP contribution >= 0.6 is 11.8 Å². The number of aryl methyl sites for hydroxylation is 1. The largest absolute Gasteiger partial charge is 0.369 e. The number of thioether (sulfide) groups is 1. The molecule has 13 nitrogen and oxygen atoms in total. The molecule has 4 heterocycles. The monoisotopic (exact) mass is 524 g/mol. The summed E-state index contributed by atoms with van der Waals surface area (Å²) in [5.41, 5.74) is 6.06. The molecule has 0 spiro atoms. The van der Waals surface area contributed by atoms with Crippen LogP contribution in [0, 0.1) is 11.8 Å². The van der Waals surface area contributed by atoms with Crippen LogP contribution in [0.15, 0.2) is 45.1 Å². The van der Waals surface area contributed by atoms with Gasteiger partial charge in [0.2, 0.25) is 17.0 Å². The van der Waals surface area contributed by atoms with Gasteiger partial charge in [-0.15, -0.1) is 5.10 Å². The highest BCUT2D eigenvalue weighted by Crippen LogP contribution is 2.28. The Morgan fingerprint density at radius 1 is 1.22 bits per heavy atom. The number of aromatic nitrogens is 8. The molecule has 1 aliphatic rings. The zero-order valence-electron chi connectivity index (χ0n) is 20.6. The minimum atomic E-state index is -0.516. The van der Waals surface area contributed by atoms with Gasteiger partial charge in [-0.2, -0.15) is 9.67 Å². The summed E-state index contributed by atoms with van der Waals surface area (Å²) in [7, 11) is 1.59. The standard InChI is InChI=1S/C23H28N10O3S/c1-14(13-37-23-27-28-29-33(23)16-6-4-3-5-7-16)12-32-17-19(30(2)22(36)26-20(17)35)25-21(32)31-10-8-15(9-11-31)18(24)34/h3-7,14-15H,8-13H2,1-2H3,(H2,24,34)(H,26,35,36). The molecule has 0 saturated carbocycles. The third-order valence-electron chi connectivity index (χ3n) is 6.60. The molecule has 194 valence electrons. The maximum atomic E-state index is 12.9. The molecule has 0 bridgehead atoms. The van der Waals surface area contributed by atoms with Crippen molar-refractivity contribution in [2.75, 3.05) is 23.7 Å². The van der Waals surface area contributed by atoms with Gasteiger partial charge in [0, 0.05) is 38.4 Å². The first kappa shape index (κ1) is 24.7. The van der Waals surface area contributed by atoms with E-state index in [2.05, 4.69) is 32.3 Å². The average molecular weight is 525 g/mol. The first-order valence-electron chi connectivity index (χ1n) is 12.0. The van der Waals surface area contributed by atoms with E-state index in [0.29, 0.717) is 60.5 Å². The van der Waals surface area contributed by atoms with Gasteiger partial charge < -0.3 is 15.2 Å². The van der Waals surface area contributed by atoms with Crippen molar-refractivity contribution in [3.05, 3.63) is 51.2 Å². The van der Waals surface area contributed by atoms with Gasteiger partial charge in [0.15, 0.2) is 11.2 Å². The van der Waals surface area contributed by atoms with Crippen LogP contribution in [0.1, 0.15) is 19.8 Å². The number of aromatic amines is 1. The van der Waals surface area contributed by atoms with Crippen LogP contribution in [0.2, 0.25) is 0 Å². The van der Waals surface area contributed by atoms with E-state index in [1.54, 1.807) is 11.7 Å². The van der Waals surface area contributed by atoms with Crippen molar-refractivity contribution >= 4 is 34.8 Å². The summed E-state index contributed by atoms with van der Waals surface area (Å²) in [5.74, 6) is 0.917. The highest BCUT2D eigenvalue weighted by Gasteiger charge is 2.28. The molecule has 1 fully saturated rings. The smallest absolute Gasteiger partial charge is 0.329 e. The average Bonchev–Trinajstić information content (AvgIpc) is 3.52. The molecule has 14 heteroatoms. The predicted octanol–water partition coefficient (Wildman–Crippen LogP) is 0.529. The Bertz CT molecular complexity index is 1530. The molecular formula is C23H28N10O3S. The minimum absolute atomic E-state index is 0.0990. The maximum absolute atomic E-state index is 12.9. The third kappa shape index (κ3) is 4.88. The van der Waals surface area contributed by atoms with E-state index in [0.717, 1.165) is 5.69 Å². The van der Waals surface area contributed by atoms with Crippen LogP contribution in [-0.2, 0) is 18.4 Å². The molecule has 1 amide bonds. The maximum Gasteiger partial charge on any atom is 0.329 e. The highest BCUT2D eigenvalue weighted by molar-refractivity contribution is 7.99. The van der Waals surface area contributed by atoms with E-state index in [1.807, 2.05) is 34.9 Å². The summed E-state index contributed by atoms with van der Waals surface area (Å²) in [5, 5.41) is 12.8. The second kappa shape index (κ2) is 10.2. The van der Waals surface area contributed by atoms with Crippen LogP contribution in [-0.4, -0.2) is 64.1 Å². The van der Waals surface area contributed by atoms with Gasteiger partial charge in [-0.25, -0.2) is 4.79 Å². The molecule has 1 aliphatic heterocycles. The first-order chi connectivity index (χ1) is 17.8. The van der Waals surface area contributed by atoms with Crippen LogP contribution in [0.3, 0.4) is 0 Å². The fourth-order valence-electron chi connectivity index (χ4n) is 4.58. The Hall–Kier alpha value is -3.94. The van der Waals surface area contributed by atoms with Crippen molar-refractivity contribution in [3.8, 4) is 5.69 Å². The molecule has 1 aromatic carbocycles. The Kier molecular flexibility index (Phi) is 6.82. The molecule has 0 radical (unpaired) electrons. The van der Waals surface area contributed by atoms with E-state index in [9.17, 15) is 14.4 Å². The number of nitrogens with two attached hydrogens (primary N) is 1. The molecule has 1 atom stereocenters. The number of anilines is 1. The van der Waals surface area contributed by atoms with E-state index in [-0.39, 0.29) is 17.7 Å². The van der Waals surface area contributed by atoms with Gasteiger partial charge >= 0.3 is 5.69 Å². The topological polar surface area (TPSA) is 163 Å². The minimum Gasteiger partial charge on any atom is -0.369 e. The van der Waals surface area contributed by atoms with E-state index < -0.39 is 11.2 Å². The lowest BCUT2D eigenvalue weighted by Gasteiger charge is -2.32. The lowest BCUT2D eigenvalue weighted by molar-refractivity contribution is -0.122. The van der Waals surface area contributed by atoms with Crippen LogP contribution in [0.5, 0.6) is 0 Å². The zero-order chi connectivity index (χ0) is 26.1. The Labute approximate surface area is 215 Å². The molecule has 1 unspecified atom stereocenters. The number of tetrazole rings is 1. The fourth-order valence-corrected chi connectivity index (χ4v) is 5.48. The summed E-state index contributed by atoms with van der Waals surface area (Å²) >= 11 is 1.53. The third-order valence-corrected chi connectivity index (χ3v) is 7.85. The van der Waals surface area contributed by atoms with E-state index >= 15 is 0 Å². The number of H-pyrrole nitrogens is 1. The van der Waals surface area contributed by atoms with Gasteiger partial charge in [0.05, 0.1) is 5.69 Å². The van der Waals surface area contributed by atoms with Crippen LogP contribution < -0.4 is 21.9 Å². The quantitative estimate of drug-likeness (QED) is 0.313. The van der Waals surface area contributed by atoms with Crippen LogP contribution in [0.25, 0.3) is 16.9 Å². The number of rotatable bonds is 8. The van der Waals surface area contributed by atoms with Gasteiger partial charge in [-0.1, -0.05) is 36.9 Å². The molecule has 4 aromatic rings. The highest BCUT2D eigenvalue weighted by atomic mass is 32.2. The lowest BCUT2D eigenvalue weighted by atomic mass is 9.96. The number of carbonyl (C=O) groups is 1. The SMILES string of the molecule is CC(CSc1nnnn1-c1ccccc1)Cn1c(N2CCC(C(N)=O)CC2)nc2c1c(=O)[nH]c(=O)n2C. The van der Waals surface area contributed by atoms with Gasteiger partial charge in [-0.3, -0.25) is 19.1 Å². The van der Waals surface area contributed by atoms with Crippen LogP contribution in [0.4, 0.5) is 5.95 Å². The number of nitrogens with zero attached hydrogens (tertiary/aromatic N) is 8.